The number of hydrogen-bond acceptors (Lipinski definition) is 5. The lowest BCUT2D eigenvalue weighted by molar-refractivity contribution is 0.415. The van der Waals surface area contributed by atoms with Gasteiger partial charge in [-0.15, -0.1) is 0 Å². The summed E-state index contributed by atoms with van der Waals surface area (Å²) in [6.45, 7) is 0. The van der Waals surface area contributed by atoms with Crippen molar-refractivity contribution in [2.24, 2.45) is 0 Å². The van der Waals surface area contributed by atoms with Crippen molar-refractivity contribution in [2.75, 3.05) is 30.5 Å². The van der Waals surface area contributed by atoms with Gasteiger partial charge in [-0.2, -0.15) is 0 Å². The average Bonchev–Trinajstić information content (AvgIpc) is 2.41. The van der Waals surface area contributed by atoms with Gasteiger partial charge in [0, 0.05) is 18.8 Å². The summed E-state index contributed by atoms with van der Waals surface area (Å²) < 4.78 is 5.19. The first-order valence-electron chi connectivity index (χ1n) is 5.51. The molecule has 0 saturated carbocycles. The lowest BCUT2D eigenvalue weighted by atomic mass is 10.2. The summed E-state index contributed by atoms with van der Waals surface area (Å²) in [5.74, 6) is 1.86. The Labute approximate surface area is 106 Å². The Balaban J connectivity index is 2.34. The molecule has 0 spiro atoms. The highest BCUT2D eigenvalue weighted by Crippen LogP contribution is 2.27. The third-order valence-electron chi connectivity index (χ3n) is 2.73. The summed E-state index contributed by atoms with van der Waals surface area (Å²) in [6.07, 6.45) is 0. The summed E-state index contributed by atoms with van der Waals surface area (Å²) in [5, 5.41) is 0. The number of nitrogens with zero attached hydrogens (tertiary/aromatic N) is 2. The lowest BCUT2D eigenvalue weighted by Gasteiger charge is -2.19. The molecule has 94 valence electrons. The predicted molar refractivity (Wildman–Crippen MR) is 74.1 cm³/mol. The fourth-order valence-electron chi connectivity index (χ4n) is 1.61. The van der Waals surface area contributed by atoms with Crippen LogP contribution < -0.4 is 21.1 Å². The van der Waals surface area contributed by atoms with Gasteiger partial charge in [-0.1, -0.05) is 6.07 Å². The first-order chi connectivity index (χ1) is 8.61. The van der Waals surface area contributed by atoms with E-state index in [1.807, 2.05) is 42.3 Å². The van der Waals surface area contributed by atoms with E-state index in [9.17, 15) is 0 Å². The highest BCUT2D eigenvalue weighted by molar-refractivity contribution is 5.67. The van der Waals surface area contributed by atoms with Crippen LogP contribution in [-0.2, 0) is 0 Å². The Bertz CT molecular complexity index is 556. The molecule has 1 heterocycles. The topological polar surface area (TPSA) is 77.4 Å². The third kappa shape index (κ3) is 2.29. The van der Waals surface area contributed by atoms with Crippen molar-refractivity contribution in [1.82, 2.24) is 4.98 Å². The molecule has 0 aliphatic carbocycles. The van der Waals surface area contributed by atoms with Gasteiger partial charge in [0.2, 0.25) is 0 Å². The minimum absolute atomic E-state index is 0.335. The monoisotopic (exact) mass is 244 g/mol. The van der Waals surface area contributed by atoms with Crippen molar-refractivity contribution in [3.05, 3.63) is 36.4 Å². The SMILES string of the molecule is COc1cccc(N(C)c2ccc(N)c(N)n2)c1. The van der Waals surface area contributed by atoms with E-state index in [1.165, 1.54) is 0 Å². The quantitative estimate of drug-likeness (QED) is 0.863. The Morgan fingerprint density at radius 2 is 1.94 bits per heavy atom. The summed E-state index contributed by atoms with van der Waals surface area (Å²) >= 11 is 0. The highest BCUT2D eigenvalue weighted by atomic mass is 16.5. The first kappa shape index (κ1) is 12.0. The standard InChI is InChI=1S/C13H16N4O/c1-17(9-4-3-5-10(8-9)18-2)12-7-6-11(14)13(15)16-12/h3-8H,14H2,1-2H3,(H2,15,16). The van der Waals surface area contributed by atoms with E-state index in [-0.39, 0.29) is 0 Å². The van der Waals surface area contributed by atoms with E-state index < -0.39 is 0 Å². The van der Waals surface area contributed by atoms with Gasteiger partial charge in [0.15, 0.2) is 0 Å². The van der Waals surface area contributed by atoms with Crippen LogP contribution in [0, 0.1) is 0 Å². The number of nitrogens with two attached hydrogens (primary N) is 2. The van der Waals surface area contributed by atoms with E-state index in [2.05, 4.69) is 4.98 Å². The van der Waals surface area contributed by atoms with Crippen molar-refractivity contribution in [3.63, 3.8) is 0 Å². The molecule has 0 fully saturated rings. The largest absolute Gasteiger partial charge is 0.497 e. The summed E-state index contributed by atoms with van der Waals surface area (Å²) in [5.41, 5.74) is 12.8. The molecular weight excluding hydrogens is 228 g/mol. The van der Waals surface area contributed by atoms with Crippen LogP contribution in [0.3, 0.4) is 0 Å². The molecule has 0 saturated heterocycles. The van der Waals surface area contributed by atoms with Crippen LogP contribution in [0.25, 0.3) is 0 Å². The summed E-state index contributed by atoms with van der Waals surface area (Å²) in [4.78, 5) is 6.16. The fourth-order valence-corrected chi connectivity index (χ4v) is 1.61. The number of methoxy groups -OCH3 is 1. The maximum Gasteiger partial charge on any atom is 0.149 e. The Morgan fingerprint density at radius 1 is 1.17 bits per heavy atom. The van der Waals surface area contributed by atoms with Gasteiger partial charge < -0.3 is 21.1 Å². The number of anilines is 4. The van der Waals surface area contributed by atoms with Crippen molar-refractivity contribution in [3.8, 4) is 5.75 Å². The summed E-state index contributed by atoms with van der Waals surface area (Å²) in [6, 6.07) is 11.3. The number of hydrogen-bond donors (Lipinski definition) is 2. The molecule has 4 N–H and O–H groups in total. The minimum Gasteiger partial charge on any atom is -0.497 e. The first-order valence-corrected chi connectivity index (χ1v) is 5.51. The summed E-state index contributed by atoms with van der Waals surface area (Å²) in [7, 11) is 3.55. The zero-order chi connectivity index (χ0) is 13.1. The van der Waals surface area contributed by atoms with Crippen molar-refractivity contribution >= 4 is 23.0 Å². The van der Waals surface area contributed by atoms with Crippen molar-refractivity contribution in [1.29, 1.82) is 0 Å². The second-order valence-electron chi connectivity index (χ2n) is 3.90. The number of rotatable bonds is 3. The molecule has 5 nitrogen and oxygen atoms in total. The Morgan fingerprint density at radius 3 is 2.61 bits per heavy atom. The fraction of sp³-hybridized carbons (Fsp3) is 0.154. The van der Waals surface area contributed by atoms with Gasteiger partial charge in [0.1, 0.15) is 17.4 Å². The van der Waals surface area contributed by atoms with Gasteiger partial charge in [0.05, 0.1) is 12.8 Å². The average molecular weight is 244 g/mol. The number of benzene rings is 1. The Kier molecular flexibility index (Phi) is 3.23. The molecule has 1 aromatic carbocycles. The number of pyridine rings is 1. The maximum absolute atomic E-state index is 5.71. The number of nitrogen functional groups attached to an aromatic ring is 2. The van der Waals surface area contributed by atoms with Crippen LogP contribution in [0.5, 0.6) is 5.75 Å². The van der Waals surface area contributed by atoms with Crippen LogP contribution in [0.15, 0.2) is 36.4 Å². The molecule has 0 radical (unpaired) electrons. The van der Waals surface area contributed by atoms with Gasteiger partial charge in [-0.3, -0.25) is 0 Å². The molecule has 0 unspecified atom stereocenters. The number of aromatic nitrogens is 1. The molecule has 2 aromatic rings. The third-order valence-corrected chi connectivity index (χ3v) is 2.73. The molecule has 0 atom stereocenters. The van der Waals surface area contributed by atoms with Crippen LogP contribution >= 0.6 is 0 Å². The molecule has 0 amide bonds. The number of ether oxygens (including phenoxy) is 1. The molecular formula is C13H16N4O. The van der Waals surface area contributed by atoms with E-state index in [1.54, 1.807) is 13.2 Å². The van der Waals surface area contributed by atoms with Crippen LogP contribution in [0.1, 0.15) is 0 Å². The molecule has 0 bridgehead atoms. The van der Waals surface area contributed by atoms with Crippen LogP contribution in [0.2, 0.25) is 0 Å². The minimum atomic E-state index is 0.335. The van der Waals surface area contributed by atoms with Crippen LogP contribution in [-0.4, -0.2) is 19.1 Å². The molecule has 2 rings (SSSR count). The van der Waals surface area contributed by atoms with Gasteiger partial charge in [-0.25, -0.2) is 4.98 Å². The normalized spacial score (nSPS) is 10.1. The smallest absolute Gasteiger partial charge is 0.149 e. The van der Waals surface area contributed by atoms with E-state index in [0.29, 0.717) is 11.5 Å². The van der Waals surface area contributed by atoms with E-state index >= 15 is 0 Å². The maximum atomic E-state index is 5.71. The van der Waals surface area contributed by atoms with E-state index in [4.69, 9.17) is 16.2 Å². The molecule has 0 aliphatic heterocycles. The molecule has 1 aromatic heterocycles. The van der Waals surface area contributed by atoms with Crippen molar-refractivity contribution < 1.29 is 4.74 Å². The van der Waals surface area contributed by atoms with E-state index in [0.717, 1.165) is 17.3 Å². The highest BCUT2D eigenvalue weighted by Gasteiger charge is 2.07. The molecule has 0 aliphatic rings. The Hall–Kier alpha value is -2.43. The van der Waals surface area contributed by atoms with Gasteiger partial charge >= 0.3 is 0 Å². The predicted octanol–water partition coefficient (Wildman–Crippen LogP) is 2.02. The van der Waals surface area contributed by atoms with Crippen LogP contribution in [0.4, 0.5) is 23.0 Å². The second-order valence-corrected chi connectivity index (χ2v) is 3.90. The molecule has 18 heavy (non-hydrogen) atoms. The van der Waals surface area contributed by atoms with Gasteiger partial charge in [0.25, 0.3) is 0 Å². The van der Waals surface area contributed by atoms with Crippen molar-refractivity contribution in [2.45, 2.75) is 0 Å². The van der Waals surface area contributed by atoms with Gasteiger partial charge in [-0.05, 0) is 24.3 Å². The lowest BCUT2D eigenvalue weighted by Crippen LogP contribution is -2.12. The zero-order valence-electron chi connectivity index (χ0n) is 10.4. The molecule has 5 heteroatoms. The zero-order valence-corrected chi connectivity index (χ0v) is 10.4. The second kappa shape index (κ2) is 4.83.